The molecule has 2 rings (SSSR count). The first-order valence-corrected chi connectivity index (χ1v) is 10.9. The summed E-state index contributed by atoms with van der Waals surface area (Å²) in [6.07, 6.45) is 3.67. The van der Waals surface area contributed by atoms with Gasteiger partial charge in [-0.05, 0) is 42.2 Å². The van der Waals surface area contributed by atoms with Crippen molar-refractivity contribution in [3.8, 4) is 0 Å². The lowest BCUT2D eigenvalue weighted by Gasteiger charge is -2.21. The van der Waals surface area contributed by atoms with Crippen LogP contribution in [0.3, 0.4) is 0 Å². The minimum atomic E-state index is -2.06. The summed E-state index contributed by atoms with van der Waals surface area (Å²) in [7, 11) is -2.06. The van der Waals surface area contributed by atoms with Crippen LogP contribution >= 0.6 is 11.1 Å². The molecule has 0 saturated carbocycles. The molecule has 106 valence electrons. The van der Waals surface area contributed by atoms with Crippen LogP contribution in [0.15, 0.2) is 48.5 Å². The van der Waals surface area contributed by atoms with Crippen LogP contribution in [0.1, 0.15) is 30.9 Å². The first kappa shape index (κ1) is 15.3. The number of benzene rings is 2. The fourth-order valence-corrected chi connectivity index (χ4v) is 5.07. The molecular weight excluding hydrogens is 280 g/mol. The maximum atomic E-state index is 6.93. The van der Waals surface area contributed by atoms with Gasteiger partial charge in [0.25, 0.3) is 0 Å². The van der Waals surface area contributed by atoms with Crippen molar-refractivity contribution in [3.05, 3.63) is 59.7 Å². The Morgan fingerprint density at radius 2 is 1.40 bits per heavy atom. The summed E-state index contributed by atoms with van der Waals surface area (Å²) in [6, 6.07) is 17.6. The van der Waals surface area contributed by atoms with E-state index in [1.54, 1.807) is 0 Å². The van der Waals surface area contributed by atoms with Gasteiger partial charge in [-0.25, -0.2) is 0 Å². The van der Waals surface area contributed by atoms with E-state index in [-0.39, 0.29) is 0 Å². The van der Waals surface area contributed by atoms with E-state index in [2.05, 4.69) is 68.9 Å². The van der Waals surface area contributed by atoms with Crippen molar-refractivity contribution < 1.29 is 0 Å². The monoisotopic (exact) mass is 302 g/mol. The minimum Gasteiger partial charge on any atom is -0.155 e. The van der Waals surface area contributed by atoms with Crippen molar-refractivity contribution in [1.82, 2.24) is 0 Å². The third kappa shape index (κ3) is 3.53. The van der Waals surface area contributed by atoms with Gasteiger partial charge in [0.2, 0.25) is 7.38 Å². The van der Waals surface area contributed by atoms with Crippen LogP contribution in [0.2, 0.25) is 6.55 Å². The lowest BCUT2D eigenvalue weighted by Crippen LogP contribution is -2.50. The standard InChI is InChI=1S/C18H23ClSi/c1-4-5-6-16-9-13-18(14-10-16)20(3,19)17-11-7-15(2)8-12-17/h7-14H,4-6H2,1-3H3. The molecule has 1 unspecified atom stereocenters. The van der Waals surface area contributed by atoms with E-state index in [0.717, 1.165) is 0 Å². The van der Waals surface area contributed by atoms with Gasteiger partial charge in [0.15, 0.2) is 0 Å². The second-order valence-corrected chi connectivity index (χ2v) is 11.1. The Labute approximate surface area is 128 Å². The average molecular weight is 303 g/mol. The van der Waals surface area contributed by atoms with E-state index in [9.17, 15) is 0 Å². The maximum absolute atomic E-state index is 6.93. The van der Waals surface area contributed by atoms with E-state index in [4.69, 9.17) is 11.1 Å². The Kier molecular flexibility index (Phi) is 5.06. The summed E-state index contributed by atoms with van der Waals surface area (Å²) in [5.74, 6) is 0. The molecule has 2 aromatic rings. The number of aryl methyl sites for hydroxylation is 2. The molecule has 0 aromatic heterocycles. The molecule has 2 aromatic carbocycles. The Hall–Kier alpha value is -1.05. The summed E-state index contributed by atoms with van der Waals surface area (Å²) < 4.78 is 0. The lowest BCUT2D eigenvalue weighted by atomic mass is 10.1. The van der Waals surface area contributed by atoms with Gasteiger partial charge in [-0.1, -0.05) is 67.4 Å². The number of halogens is 1. The molecule has 0 nitrogen and oxygen atoms in total. The van der Waals surface area contributed by atoms with Crippen molar-refractivity contribution in [2.45, 2.75) is 39.7 Å². The molecule has 0 aliphatic rings. The van der Waals surface area contributed by atoms with E-state index in [0.29, 0.717) is 0 Å². The largest absolute Gasteiger partial charge is 0.214 e. The van der Waals surface area contributed by atoms with Crippen molar-refractivity contribution in [2.24, 2.45) is 0 Å². The molecule has 0 bridgehead atoms. The minimum absolute atomic E-state index is 1.17. The van der Waals surface area contributed by atoms with Crippen molar-refractivity contribution >= 4 is 28.8 Å². The molecule has 0 saturated heterocycles. The quantitative estimate of drug-likeness (QED) is 0.572. The summed E-state index contributed by atoms with van der Waals surface area (Å²) in [5, 5.41) is 2.58. The summed E-state index contributed by atoms with van der Waals surface area (Å²) in [5.41, 5.74) is 2.70. The molecule has 0 aliphatic heterocycles. The molecule has 0 N–H and O–H groups in total. The Bertz CT molecular complexity index is 541. The number of hydrogen-bond donors (Lipinski definition) is 0. The van der Waals surface area contributed by atoms with Gasteiger partial charge in [-0.3, -0.25) is 0 Å². The summed E-state index contributed by atoms with van der Waals surface area (Å²) in [6.45, 7) is 6.55. The van der Waals surface area contributed by atoms with E-state index >= 15 is 0 Å². The van der Waals surface area contributed by atoms with Crippen LogP contribution in [-0.2, 0) is 6.42 Å². The van der Waals surface area contributed by atoms with Crippen molar-refractivity contribution in [3.63, 3.8) is 0 Å². The molecule has 0 heterocycles. The smallest absolute Gasteiger partial charge is 0.155 e. The van der Waals surface area contributed by atoms with Crippen LogP contribution < -0.4 is 10.4 Å². The van der Waals surface area contributed by atoms with Gasteiger partial charge in [0.05, 0.1) is 0 Å². The Balaban J connectivity index is 2.22. The third-order valence-corrected chi connectivity index (χ3v) is 8.05. The maximum Gasteiger partial charge on any atom is 0.214 e. The first-order chi connectivity index (χ1) is 9.54. The molecule has 1 atom stereocenters. The fraction of sp³-hybridized carbons (Fsp3) is 0.333. The molecule has 0 aliphatic carbocycles. The van der Waals surface area contributed by atoms with E-state index in [1.165, 1.54) is 40.8 Å². The van der Waals surface area contributed by atoms with Gasteiger partial charge in [-0.2, -0.15) is 11.1 Å². The van der Waals surface area contributed by atoms with Gasteiger partial charge in [0.1, 0.15) is 0 Å². The first-order valence-electron chi connectivity index (χ1n) is 7.39. The SMILES string of the molecule is CCCCc1ccc([Si](C)(Cl)c2ccc(C)cc2)cc1. The average Bonchev–Trinajstić information content (AvgIpc) is 2.46. The van der Waals surface area contributed by atoms with Crippen LogP contribution in [0.4, 0.5) is 0 Å². The predicted molar refractivity (Wildman–Crippen MR) is 93.0 cm³/mol. The lowest BCUT2D eigenvalue weighted by molar-refractivity contribution is 0.795. The Morgan fingerprint density at radius 1 is 0.900 bits per heavy atom. The zero-order chi connectivity index (χ0) is 14.6. The third-order valence-electron chi connectivity index (χ3n) is 3.91. The number of rotatable bonds is 5. The normalized spacial score (nSPS) is 14.0. The molecule has 0 spiro atoms. The highest BCUT2D eigenvalue weighted by molar-refractivity contribution is 7.33. The number of unbranched alkanes of at least 4 members (excludes halogenated alkanes) is 1. The number of hydrogen-bond acceptors (Lipinski definition) is 0. The highest BCUT2D eigenvalue weighted by Gasteiger charge is 2.29. The molecule has 0 radical (unpaired) electrons. The van der Waals surface area contributed by atoms with Gasteiger partial charge >= 0.3 is 0 Å². The molecular formula is C18H23ClSi. The zero-order valence-corrected chi connectivity index (χ0v) is 14.4. The van der Waals surface area contributed by atoms with Crippen molar-refractivity contribution in [1.29, 1.82) is 0 Å². The molecule has 0 amide bonds. The zero-order valence-electron chi connectivity index (χ0n) is 12.6. The van der Waals surface area contributed by atoms with Crippen molar-refractivity contribution in [2.75, 3.05) is 0 Å². The van der Waals surface area contributed by atoms with Gasteiger partial charge in [-0.15, -0.1) is 0 Å². The topological polar surface area (TPSA) is 0 Å². The second-order valence-electron chi connectivity index (χ2n) is 5.67. The van der Waals surface area contributed by atoms with Gasteiger partial charge in [0, 0.05) is 0 Å². The van der Waals surface area contributed by atoms with Gasteiger partial charge < -0.3 is 0 Å². The fourth-order valence-electron chi connectivity index (χ4n) is 2.40. The van der Waals surface area contributed by atoms with Crippen LogP contribution in [-0.4, -0.2) is 7.38 Å². The van der Waals surface area contributed by atoms with E-state index in [1.807, 2.05) is 0 Å². The summed E-state index contributed by atoms with van der Waals surface area (Å²) in [4.78, 5) is 0. The molecule has 0 fully saturated rings. The highest BCUT2D eigenvalue weighted by Crippen LogP contribution is 2.12. The highest BCUT2D eigenvalue weighted by atomic mass is 35.6. The molecule has 20 heavy (non-hydrogen) atoms. The second kappa shape index (κ2) is 6.60. The molecule has 2 heteroatoms. The van der Waals surface area contributed by atoms with Crippen LogP contribution in [0.5, 0.6) is 0 Å². The Morgan fingerprint density at radius 3 is 1.90 bits per heavy atom. The summed E-state index contributed by atoms with van der Waals surface area (Å²) >= 11 is 6.93. The van der Waals surface area contributed by atoms with Crippen LogP contribution in [0, 0.1) is 6.92 Å². The van der Waals surface area contributed by atoms with Crippen LogP contribution in [0.25, 0.3) is 0 Å². The predicted octanol–water partition coefficient (Wildman–Crippen LogP) is 4.27. The van der Waals surface area contributed by atoms with E-state index < -0.39 is 7.38 Å².